The van der Waals surface area contributed by atoms with E-state index in [-0.39, 0.29) is 0 Å². The van der Waals surface area contributed by atoms with Crippen molar-refractivity contribution in [2.75, 3.05) is 26.4 Å². The van der Waals surface area contributed by atoms with Crippen molar-refractivity contribution in [1.82, 2.24) is 10.6 Å². The zero-order valence-corrected chi connectivity index (χ0v) is 30.4. The molecule has 0 unspecified atom stereocenters. The van der Waals surface area contributed by atoms with Crippen LogP contribution >= 0.6 is 0 Å². The first-order valence-electron chi connectivity index (χ1n) is 17.7. The van der Waals surface area contributed by atoms with Gasteiger partial charge >= 0.3 is 5.97 Å². The van der Waals surface area contributed by atoms with Gasteiger partial charge in [0.1, 0.15) is 91.5 Å². The highest BCUT2D eigenvalue weighted by molar-refractivity contribution is 5.76. The number of amides is 2. The molecule has 0 radical (unpaired) electrons. The maximum Gasteiger partial charge on any atom is 0.364 e. The monoisotopic (exact) mass is 836 g/mol. The van der Waals surface area contributed by atoms with Crippen molar-refractivity contribution in [1.29, 1.82) is 0 Å². The second kappa shape index (κ2) is 19.8. The Morgan fingerprint density at radius 1 is 0.737 bits per heavy atom. The topological polar surface area (TPSA) is 423 Å². The SMILES string of the molecule is CC(=O)N[C@@H]1[C@@H](O)[C@H](O[C@@H]2O[C@@H]([C@H](O)CO)[C@H](O)[C@H]2O)[C@@H](CO[C@@H]2O[C@H](CO)[C@H](O)[C@H](O[C@]3(C(=O)O)C[C@H](O)[C@@H](NC(C)=O)[C@H]([C@H](O)[C@H](O)CO)O3)[C@H]2O)O[C@@H]1O. The summed E-state index contributed by atoms with van der Waals surface area (Å²) in [5, 5.41) is 151. The van der Waals surface area contributed by atoms with E-state index in [1.165, 1.54) is 0 Å². The number of hydrogen-bond donors (Lipinski definition) is 16. The highest BCUT2D eigenvalue weighted by atomic mass is 16.8. The van der Waals surface area contributed by atoms with Crippen LogP contribution in [0.25, 0.3) is 0 Å². The molecule has 0 aromatic heterocycles. The van der Waals surface area contributed by atoms with Crippen LogP contribution in [0, 0.1) is 0 Å². The Labute approximate surface area is 322 Å². The summed E-state index contributed by atoms with van der Waals surface area (Å²) in [5.74, 6) is -6.62. The van der Waals surface area contributed by atoms with E-state index in [4.69, 9.17) is 33.2 Å². The number of aliphatic carboxylic acids is 1. The number of aliphatic hydroxyl groups is 13. The number of carboxylic acids is 1. The Morgan fingerprint density at radius 2 is 1.37 bits per heavy atom. The molecule has 57 heavy (non-hydrogen) atoms. The van der Waals surface area contributed by atoms with Crippen molar-refractivity contribution in [2.45, 2.75) is 149 Å². The number of nitrogens with one attached hydrogen (secondary N) is 2. The smallest absolute Gasteiger partial charge is 0.364 e. The van der Waals surface area contributed by atoms with Gasteiger partial charge in [-0.2, -0.15) is 0 Å². The normalized spacial score (nSPS) is 44.2. The van der Waals surface area contributed by atoms with E-state index in [1.807, 2.05) is 0 Å². The van der Waals surface area contributed by atoms with Crippen molar-refractivity contribution in [3.8, 4) is 0 Å². The molecule has 330 valence electrons. The number of ether oxygens (including phenoxy) is 7. The maximum absolute atomic E-state index is 12.8. The van der Waals surface area contributed by atoms with Gasteiger partial charge in [0, 0.05) is 20.3 Å². The van der Waals surface area contributed by atoms with Crippen molar-refractivity contribution >= 4 is 17.8 Å². The molecule has 0 aromatic carbocycles. The molecule has 0 saturated carbocycles. The highest BCUT2D eigenvalue weighted by Gasteiger charge is 2.60. The predicted molar refractivity (Wildman–Crippen MR) is 174 cm³/mol. The van der Waals surface area contributed by atoms with Crippen LogP contribution in [0.1, 0.15) is 20.3 Å². The highest BCUT2D eigenvalue weighted by Crippen LogP contribution is 2.38. The van der Waals surface area contributed by atoms with Gasteiger partial charge in [-0.1, -0.05) is 0 Å². The Balaban J connectivity index is 1.60. The minimum absolute atomic E-state index is 0.739. The van der Waals surface area contributed by atoms with Crippen molar-refractivity contribution in [3.63, 3.8) is 0 Å². The van der Waals surface area contributed by atoms with Gasteiger partial charge in [-0.05, 0) is 0 Å². The Morgan fingerprint density at radius 3 is 1.93 bits per heavy atom. The summed E-state index contributed by atoms with van der Waals surface area (Å²) in [4.78, 5) is 36.5. The minimum Gasteiger partial charge on any atom is -0.477 e. The van der Waals surface area contributed by atoms with E-state index < -0.39 is 179 Å². The third kappa shape index (κ3) is 10.3. The quantitative estimate of drug-likeness (QED) is 0.0686. The van der Waals surface area contributed by atoms with Crippen LogP contribution in [0.5, 0.6) is 0 Å². The van der Waals surface area contributed by atoms with Gasteiger partial charge in [0.2, 0.25) is 11.8 Å². The molecule has 26 nitrogen and oxygen atoms in total. The molecule has 4 fully saturated rings. The van der Waals surface area contributed by atoms with Crippen molar-refractivity contribution in [3.05, 3.63) is 0 Å². The van der Waals surface area contributed by atoms with Crippen LogP contribution in [-0.4, -0.2) is 244 Å². The lowest BCUT2D eigenvalue weighted by molar-refractivity contribution is -0.373. The molecule has 2 amide bonds. The largest absolute Gasteiger partial charge is 0.477 e. The van der Waals surface area contributed by atoms with Gasteiger partial charge in [0.25, 0.3) is 5.79 Å². The molecule has 21 atom stereocenters. The molecule has 4 saturated heterocycles. The maximum atomic E-state index is 12.8. The van der Waals surface area contributed by atoms with Crippen LogP contribution in [0.15, 0.2) is 0 Å². The summed E-state index contributed by atoms with van der Waals surface area (Å²) in [6.07, 6.45) is -35.4. The van der Waals surface area contributed by atoms with Crippen LogP contribution < -0.4 is 10.6 Å². The summed E-state index contributed by atoms with van der Waals surface area (Å²) < 4.78 is 38.9. The molecule has 0 bridgehead atoms. The second-order valence-corrected chi connectivity index (χ2v) is 14.1. The fourth-order valence-electron chi connectivity index (χ4n) is 6.98. The van der Waals surface area contributed by atoms with Gasteiger partial charge < -0.3 is 115 Å². The zero-order chi connectivity index (χ0) is 42.7. The van der Waals surface area contributed by atoms with E-state index in [1.54, 1.807) is 0 Å². The van der Waals surface area contributed by atoms with Gasteiger partial charge in [0.05, 0.1) is 38.6 Å². The van der Waals surface area contributed by atoms with Gasteiger partial charge in [-0.25, -0.2) is 4.79 Å². The summed E-state index contributed by atoms with van der Waals surface area (Å²) in [6, 6.07) is -3.18. The molecule has 0 spiro atoms. The van der Waals surface area contributed by atoms with E-state index in [0.717, 1.165) is 13.8 Å². The molecular weight excluding hydrogens is 784 g/mol. The van der Waals surface area contributed by atoms with Crippen LogP contribution in [0.4, 0.5) is 0 Å². The Bertz CT molecular complexity index is 1350. The van der Waals surface area contributed by atoms with E-state index in [9.17, 15) is 85.9 Å². The number of carboxylic acid groups (broad SMARTS) is 1. The molecule has 4 heterocycles. The molecule has 26 heteroatoms. The fourth-order valence-corrected chi connectivity index (χ4v) is 6.98. The molecule has 4 aliphatic rings. The summed E-state index contributed by atoms with van der Waals surface area (Å²) in [5.41, 5.74) is 0. The average molecular weight is 837 g/mol. The Kier molecular flexibility index (Phi) is 16.4. The van der Waals surface area contributed by atoms with Crippen molar-refractivity contribution < 1.29 is 119 Å². The molecular formula is C31H52N2O24. The number of rotatable bonds is 16. The van der Waals surface area contributed by atoms with Crippen LogP contribution in [0.2, 0.25) is 0 Å². The molecule has 4 aliphatic heterocycles. The minimum atomic E-state index is -3.09. The van der Waals surface area contributed by atoms with E-state index in [0.29, 0.717) is 0 Å². The van der Waals surface area contributed by atoms with Crippen LogP contribution in [0.3, 0.4) is 0 Å². The first-order valence-corrected chi connectivity index (χ1v) is 17.7. The third-order valence-electron chi connectivity index (χ3n) is 9.94. The number of carbonyl (C=O) groups excluding carboxylic acids is 2. The molecule has 0 aromatic rings. The number of aliphatic hydroxyl groups excluding tert-OH is 13. The van der Waals surface area contributed by atoms with Crippen LogP contribution in [-0.2, 0) is 47.5 Å². The van der Waals surface area contributed by atoms with E-state index in [2.05, 4.69) is 10.6 Å². The molecule has 0 aliphatic carbocycles. The zero-order valence-electron chi connectivity index (χ0n) is 30.4. The van der Waals surface area contributed by atoms with Gasteiger partial charge in [0.15, 0.2) is 18.9 Å². The lowest BCUT2D eigenvalue weighted by Gasteiger charge is -2.50. The average Bonchev–Trinajstić information content (AvgIpc) is 3.44. The third-order valence-corrected chi connectivity index (χ3v) is 9.94. The first-order chi connectivity index (χ1) is 26.7. The summed E-state index contributed by atoms with van der Waals surface area (Å²) in [6.45, 7) is -1.80. The second-order valence-electron chi connectivity index (χ2n) is 14.1. The predicted octanol–water partition coefficient (Wildman–Crippen LogP) is -10.3. The lowest BCUT2D eigenvalue weighted by Crippen LogP contribution is -2.70. The Hall–Kier alpha value is -2.39. The van der Waals surface area contributed by atoms with Gasteiger partial charge in [-0.15, -0.1) is 0 Å². The van der Waals surface area contributed by atoms with E-state index >= 15 is 0 Å². The first kappa shape index (κ1) is 47.3. The van der Waals surface area contributed by atoms with Crippen molar-refractivity contribution in [2.24, 2.45) is 0 Å². The fraction of sp³-hybridized carbons (Fsp3) is 0.903. The lowest BCUT2D eigenvalue weighted by atomic mass is 9.88. The van der Waals surface area contributed by atoms with Gasteiger partial charge in [-0.3, -0.25) is 9.59 Å². The molecule has 16 N–H and O–H groups in total. The number of carbonyl (C=O) groups is 3. The number of hydrogen-bond acceptors (Lipinski definition) is 23. The molecule has 4 rings (SSSR count). The standard InChI is InChI=1S/C31H52N2O24/c1-8(37)32-15-10(39)3-31(30(49)50,56-25(15)17(42)11(40)4-34)57-26-18(43)13(6-36)53-28(22(26)47)51-7-14-24(19(44)16(27(48)52-14)33-9(2)38)55-29-21(46)20(45)23(54-29)12(41)5-35/h10-29,34-36,39-48H,3-7H2,1-2H3,(H,32,37)(H,33,38)(H,49,50)/t10-,11+,12+,13+,14+,15+,16+,17+,18-,19+,20+,21+,22+,23-,24+,25+,26-,27-,28+,29-,31-/m0/s1. The summed E-state index contributed by atoms with van der Waals surface area (Å²) >= 11 is 0. The summed E-state index contributed by atoms with van der Waals surface area (Å²) in [7, 11) is 0.